The number of hydrogen-bond acceptors (Lipinski definition) is 4. The number of anilines is 1. The number of H-pyrrole nitrogens is 1. The molecule has 1 aromatic rings. The number of nitrogens with one attached hydrogen (secondary N) is 2. The number of amides is 1. The highest BCUT2D eigenvalue weighted by Crippen LogP contribution is 2.12. The van der Waals surface area contributed by atoms with Crippen LogP contribution in [0.4, 0.5) is 5.82 Å². The first-order chi connectivity index (χ1) is 7.56. The molecule has 0 spiro atoms. The molecule has 6 heteroatoms. The molecular formula is C10H18N4OS. The van der Waals surface area contributed by atoms with Crippen molar-refractivity contribution in [2.24, 2.45) is 0 Å². The predicted octanol–water partition coefficient (Wildman–Crippen LogP) is 1.17. The Labute approximate surface area is 99.6 Å². The quantitative estimate of drug-likeness (QED) is 0.723. The van der Waals surface area contributed by atoms with Gasteiger partial charge in [0.25, 0.3) is 5.91 Å². The summed E-state index contributed by atoms with van der Waals surface area (Å²) in [4.78, 5) is 11.9. The van der Waals surface area contributed by atoms with E-state index in [2.05, 4.69) is 15.5 Å². The Kier molecular flexibility index (Phi) is 4.67. The maximum atomic E-state index is 11.9. The van der Waals surface area contributed by atoms with Crippen LogP contribution in [-0.4, -0.2) is 34.2 Å². The molecule has 0 radical (unpaired) electrons. The molecular weight excluding hydrogens is 224 g/mol. The molecule has 1 heterocycles. The molecule has 0 saturated carbocycles. The van der Waals surface area contributed by atoms with E-state index in [1.165, 1.54) is 0 Å². The first kappa shape index (κ1) is 12.9. The van der Waals surface area contributed by atoms with E-state index in [4.69, 9.17) is 5.73 Å². The monoisotopic (exact) mass is 242 g/mol. The largest absolute Gasteiger partial charge is 0.382 e. The van der Waals surface area contributed by atoms with E-state index in [-0.39, 0.29) is 17.8 Å². The summed E-state index contributed by atoms with van der Waals surface area (Å²) in [5.74, 6) is 1.13. The van der Waals surface area contributed by atoms with Gasteiger partial charge in [0.05, 0.1) is 0 Å². The van der Waals surface area contributed by atoms with Crippen molar-refractivity contribution in [1.29, 1.82) is 0 Å². The Morgan fingerprint density at radius 2 is 2.38 bits per heavy atom. The molecule has 0 bridgehead atoms. The van der Waals surface area contributed by atoms with Crippen molar-refractivity contribution in [1.82, 2.24) is 15.5 Å². The van der Waals surface area contributed by atoms with Gasteiger partial charge in [0.2, 0.25) is 0 Å². The number of nitrogens with zero attached hydrogens (tertiary/aromatic N) is 1. The lowest BCUT2D eigenvalue weighted by Gasteiger charge is -2.12. The molecule has 0 aliphatic carbocycles. The topological polar surface area (TPSA) is 83.8 Å². The van der Waals surface area contributed by atoms with Crippen LogP contribution in [-0.2, 0) is 0 Å². The number of nitrogen functional groups attached to an aromatic ring is 1. The fourth-order valence-corrected chi connectivity index (χ4v) is 1.99. The third-order valence-electron chi connectivity index (χ3n) is 2.33. The first-order valence-corrected chi connectivity index (χ1v) is 6.56. The van der Waals surface area contributed by atoms with Crippen LogP contribution in [0, 0.1) is 6.92 Å². The van der Waals surface area contributed by atoms with Crippen LogP contribution >= 0.6 is 11.8 Å². The van der Waals surface area contributed by atoms with E-state index in [0.717, 1.165) is 12.2 Å². The Morgan fingerprint density at radius 1 is 1.69 bits per heavy atom. The summed E-state index contributed by atoms with van der Waals surface area (Å²) in [5.41, 5.74) is 6.77. The number of aromatic amines is 1. The normalized spacial score (nSPS) is 12.4. The van der Waals surface area contributed by atoms with Gasteiger partial charge in [-0.05, 0) is 32.3 Å². The summed E-state index contributed by atoms with van der Waals surface area (Å²) in [6.45, 7) is 3.77. The van der Waals surface area contributed by atoms with Crippen LogP contribution in [0.2, 0.25) is 0 Å². The minimum atomic E-state index is -0.155. The highest BCUT2D eigenvalue weighted by atomic mass is 32.2. The zero-order valence-corrected chi connectivity index (χ0v) is 10.6. The number of aryl methyl sites for hydroxylation is 1. The third-order valence-corrected chi connectivity index (χ3v) is 2.98. The SMILES string of the molecule is CSCCC(C)NC(=O)c1c(N)n[nH]c1C. The molecule has 1 amide bonds. The Bertz CT molecular complexity index is 344. The van der Waals surface area contributed by atoms with Gasteiger partial charge in [-0.1, -0.05) is 0 Å². The summed E-state index contributed by atoms with van der Waals surface area (Å²) in [6.07, 6.45) is 3.00. The number of aromatic nitrogens is 2. The minimum absolute atomic E-state index is 0.147. The fourth-order valence-electron chi connectivity index (χ4n) is 1.40. The van der Waals surface area contributed by atoms with Crippen LogP contribution < -0.4 is 11.1 Å². The van der Waals surface area contributed by atoms with Crippen LogP contribution in [0.1, 0.15) is 29.4 Å². The molecule has 0 aromatic carbocycles. The van der Waals surface area contributed by atoms with Crippen LogP contribution in [0.5, 0.6) is 0 Å². The number of nitrogens with two attached hydrogens (primary N) is 1. The van der Waals surface area contributed by atoms with Crippen LogP contribution in [0.3, 0.4) is 0 Å². The average Bonchev–Trinajstić information content (AvgIpc) is 2.55. The second-order valence-corrected chi connectivity index (χ2v) is 4.75. The van der Waals surface area contributed by atoms with E-state index in [9.17, 15) is 4.79 Å². The molecule has 90 valence electrons. The number of thioether (sulfide) groups is 1. The van der Waals surface area contributed by atoms with Gasteiger partial charge in [0.15, 0.2) is 5.82 Å². The van der Waals surface area contributed by atoms with E-state index in [1.54, 1.807) is 18.7 Å². The van der Waals surface area contributed by atoms with Gasteiger partial charge in [0.1, 0.15) is 5.56 Å². The van der Waals surface area contributed by atoms with E-state index in [1.807, 2.05) is 13.2 Å². The van der Waals surface area contributed by atoms with Crippen LogP contribution in [0.25, 0.3) is 0 Å². The van der Waals surface area contributed by atoms with Gasteiger partial charge in [0, 0.05) is 11.7 Å². The number of carbonyl (C=O) groups excluding carboxylic acids is 1. The summed E-state index contributed by atoms with van der Waals surface area (Å²) >= 11 is 1.77. The van der Waals surface area contributed by atoms with Crippen molar-refractivity contribution >= 4 is 23.5 Å². The van der Waals surface area contributed by atoms with Gasteiger partial charge >= 0.3 is 0 Å². The molecule has 16 heavy (non-hydrogen) atoms. The molecule has 1 unspecified atom stereocenters. The lowest BCUT2D eigenvalue weighted by atomic mass is 10.2. The number of carbonyl (C=O) groups is 1. The highest BCUT2D eigenvalue weighted by Gasteiger charge is 2.17. The minimum Gasteiger partial charge on any atom is -0.382 e. The summed E-state index contributed by atoms with van der Waals surface area (Å²) in [5, 5.41) is 9.40. The van der Waals surface area contributed by atoms with Crippen molar-refractivity contribution in [2.45, 2.75) is 26.3 Å². The highest BCUT2D eigenvalue weighted by molar-refractivity contribution is 7.98. The van der Waals surface area contributed by atoms with Crippen molar-refractivity contribution in [3.63, 3.8) is 0 Å². The van der Waals surface area contributed by atoms with Gasteiger partial charge in [-0.3, -0.25) is 9.89 Å². The van der Waals surface area contributed by atoms with E-state index >= 15 is 0 Å². The van der Waals surface area contributed by atoms with Crippen molar-refractivity contribution in [2.75, 3.05) is 17.7 Å². The summed E-state index contributed by atoms with van der Waals surface area (Å²) in [6, 6.07) is 0.147. The molecule has 1 rings (SSSR count). The van der Waals surface area contributed by atoms with E-state index in [0.29, 0.717) is 11.3 Å². The second-order valence-electron chi connectivity index (χ2n) is 3.76. The summed E-state index contributed by atoms with van der Waals surface area (Å²) < 4.78 is 0. The lowest BCUT2D eigenvalue weighted by molar-refractivity contribution is 0.0940. The molecule has 0 aliphatic rings. The second kappa shape index (κ2) is 5.79. The molecule has 5 nitrogen and oxygen atoms in total. The number of hydrogen-bond donors (Lipinski definition) is 3. The maximum absolute atomic E-state index is 11.9. The summed E-state index contributed by atoms with van der Waals surface area (Å²) in [7, 11) is 0. The number of rotatable bonds is 5. The smallest absolute Gasteiger partial charge is 0.257 e. The lowest BCUT2D eigenvalue weighted by Crippen LogP contribution is -2.33. The molecule has 4 N–H and O–H groups in total. The molecule has 0 aliphatic heterocycles. The molecule has 1 atom stereocenters. The third kappa shape index (κ3) is 3.16. The fraction of sp³-hybridized carbons (Fsp3) is 0.600. The van der Waals surface area contributed by atoms with Crippen molar-refractivity contribution in [3.05, 3.63) is 11.3 Å². The van der Waals surface area contributed by atoms with Gasteiger partial charge < -0.3 is 11.1 Å². The van der Waals surface area contributed by atoms with Gasteiger partial charge in [-0.15, -0.1) is 0 Å². The zero-order chi connectivity index (χ0) is 12.1. The van der Waals surface area contributed by atoms with Gasteiger partial charge in [-0.25, -0.2) is 0 Å². The first-order valence-electron chi connectivity index (χ1n) is 5.16. The zero-order valence-electron chi connectivity index (χ0n) is 9.83. The van der Waals surface area contributed by atoms with E-state index < -0.39 is 0 Å². The Balaban J connectivity index is 2.59. The Hall–Kier alpha value is -1.17. The molecule has 1 aromatic heterocycles. The predicted molar refractivity (Wildman–Crippen MR) is 67.7 cm³/mol. The Morgan fingerprint density at radius 3 is 2.88 bits per heavy atom. The standard InChI is InChI=1S/C10H18N4OS/c1-6(4-5-16-3)12-10(15)8-7(2)13-14-9(8)11/h6H,4-5H2,1-3H3,(H,12,15)(H3,11,13,14). The van der Waals surface area contributed by atoms with Crippen molar-refractivity contribution < 1.29 is 4.79 Å². The van der Waals surface area contributed by atoms with Crippen molar-refractivity contribution in [3.8, 4) is 0 Å². The molecule has 0 fully saturated rings. The average molecular weight is 242 g/mol. The van der Waals surface area contributed by atoms with Gasteiger partial charge in [-0.2, -0.15) is 16.9 Å². The van der Waals surface area contributed by atoms with Crippen LogP contribution in [0.15, 0.2) is 0 Å². The maximum Gasteiger partial charge on any atom is 0.257 e. The molecule has 0 saturated heterocycles.